The van der Waals surface area contributed by atoms with Crippen molar-refractivity contribution in [2.45, 2.75) is 69.2 Å². The van der Waals surface area contributed by atoms with E-state index in [9.17, 15) is 14.7 Å². The zero-order chi connectivity index (χ0) is 33.9. The number of nitrogens with zero attached hydrogens (tertiary/aromatic N) is 3. The molecule has 3 heterocycles. The number of aliphatic hydroxyl groups excluding tert-OH is 1. The van der Waals surface area contributed by atoms with Gasteiger partial charge in [0.15, 0.2) is 0 Å². The van der Waals surface area contributed by atoms with Crippen LogP contribution in [0.4, 0.5) is 5.69 Å². The smallest absolute Gasteiger partial charge is 0.253 e. The van der Waals surface area contributed by atoms with Gasteiger partial charge in [0.25, 0.3) is 5.91 Å². The highest BCUT2D eigenvalue weighted by molar-refractivity contribution is 6.06. The van der Waals surface area contributed by atoms with Crippen molar-refractivity contribution in [3.63, 3.8) is 0 Å². The molecule has 2 unspecified atom stereocenters. The third-order valence-electron chi connectivity index (χ3n) is 10.6. The minimum absolute atomic E-state index is 0.123. The Hall–Kier alpha value is -4.27. The maximum absolute atomic E-state index is 15.0. The zero-order valence-electron chi connectivity index (χ0n) is 27.9. The molecule has 3 amide bonds. The largest absolute Gasteiger partial charge is 0.396 e. The van der Waals surface area contributed by atoms with Crippen LogP contribution in [0.5, 0.6) is 0 Å². The lowest BCUT2D eigenvalue weighted by atomic mass is 9.66. The first-order chi connectivity index (χ1) is 23.3. The molecule has 0 radical (unpaired) electrons. The normalized spacial score (nSPS) is 25.7. The lowest BCUT2D eigenvalue weighted by Gasteiger charge is -2.37. The summed E-state index contributed by atoms with van der Waals surface area (Å²) in [6, 6.07) is 22.9. The number of carbonyl (C=O) groups is 3. The number of anilines is 1. The van der Waals surface area contributed by atoms with E-state index in [0.29, 0.717) is 45.3 Å². The van der Waals surface area contributed by atoms with Crippen LogP contribution < -0.4 is 4.90 Å². The third-order valence-corrected chi connectivity index (χ3v) is 10.6. The van der Waals surface area contributed by atoms with Crippen LogP contribution in [0.25, 0.3) is 10.8 Å². The molecule has 3 aromatic carbocycles. The quantitative estimate of drug-likeness (QED) is 0.164. The van der Waals surface area contributed by atoms with E-state index >= 15 is 4.79 Å². The zero-order valence-corrected chi connectivity index (χ0v) is 27.9. The number of benzene rings is 3. The van der Waals surface area contributed by atoms with Crippen LogP contribution in [0.1, 0.15) is 51.0 Å². The first kappa shape index (κ1) is 33.6. The van der Waals surface area contributed by atoms with Gasteiger partial charge in [-0.2, -0.15) is 0 Å². The summed E-state index contributed by atoms with van der Waals surface area (Å²) in [6.45, 7) is 11.3. The Bertz CT molecular complexity index is 1680. The highest BCUT2D eigenvalue weighted by atomic mass is 16.5. The predicted molar refractivity (Wildman–Crippen MR) is 188 cm³/mol. The second kappa shape index (κ2) is 14.1. The number of likely N-dealkylation sites (tertiary alicyclic amines) is 1. The minimum Gasteiger partial charge on any atom is -0.396 e. The number of aliphatic hydroxyl groups is 1. The molecule has 0 saturated carbocycles. The molecule has 48 heavy (non-hydrogen) atoms. The summed E-state index contributed by atoms with van der Waals surface area (Å²) in [4.78, 5) is 49.5. The fourth-order valence-electron chi connectivity index (χ4n) is 8.40. The molecule has 2 bridgehead atoms. The Morgan fingerprint density at radius 1 is 0.917 bits per heavy atom. The molecule has 0 aliphatic carbocycles. The van der Waals surface area contributed by atoms with Crippen LogP contribution in [0, 0.1) is 11.8 Å². The minimum atomic E-state index is -1.13. The SMILES string of the molecule is C=CCN(Cc1ccccc1)C(=O)[C@@H]1[C@H]2C(=O)N(CCCCCCO)C(C(=O)N(CC=C)c3ccc4ccccc4c3)C23CC[C@@]1(C)O3. The van der Waals surface area contributed by atoms with Gasteiger partial charge >= 0.3 is 0 Å². The van der Waals surface area contributed by atoms with Gasteiger partial charge < -0.3 is 24.5 Å². The molecular weight excluding hydrogens is 602 g/mol. The molecule has 3 aromatic rings. The van der Waals surface area contributed by atoms with Crippen LogP contribution in [-0.4, -0.2) is 76.1 Å². The van der Waals surface area contributed by atoms with Gasteiger partial charge in [0.05, 0.1) is 17.4 Å². The van der Waals surface area contributed by atoms with Crippen LogP contribution in [-0.2, 0) is 25.7 Å². The number of hydrogen-bond donors (Lipinski definition) is 1. The van der Waals surface area contributed by atoms with Crippen molar-refractivity contribution in [2.24, 2.45) is 11.8 Å². The molecule has 5 atom stereocenters. The predicted octanol–water partition coefficient (Wildman–Crippen LogP) is 5.89. The van der Waals surface area contributed by atoms with Gasteiger partial charge in [-0.3, -0.25) is 14.4 Å². The van der Waals surface area contributed by atoms with E-state index < -0.39 is 29.1 Å². The summed E-state index contributed by atoms with van der Waals surface area (Å²) in [6.07, 6.45) is 7.53. The molecule has 3 aliphatic heterocycles. The average molecular weight is 650 g/mol. The summed E-state index contributed by atoms with van der Waals surface area (Å²) < 4.78 is 6.96. The molecule has 252 valence electrons. The summed E-state index contributed by atoms with van der Waals surface area (Å²) in [7, 11) is 0. The molecule has 3 fully saturated rings. The first-order valence-electron chi connectivity index (χ1n) is 17.2. The van der Waals surface area contributed by atoms with Gasteiger partial charge in [-0.1, -0.05) is 85.7 Å². The maximum Gasteiger partial charge on any atom is 0.253 e. The molecular formula is C40H47N3O5. The summed E-state index contributed by atoms with van der Waals surface area (Å²) in [5.41, 5.74) is -0.300. The van der Waals surface area contributed by atoms with E-state index in [-0.39, 0.29) is 30.9 Å². The second-order valence-electron chi connectivity index (χ2n) is 13.7. The number of unbranched alkanes of at least 4 members (excludes halogenated alkanes) is 3. The van der Waals surface area contributed by atoms with E-state index in [2.05, 4.69) is 13.2 Å². The van der Waals surface area contributed by atoms with Crippen LogP contribution in [0.3, 0.4) is 0 Å². The number of carbonyl (C=O) groups excluding carboxylic acids is 3. The Balaban J connectivity index is 1.38. The molecule has 8 nitrogen and oxygen atoms in total. The lowest BCUT2D eigenvalue weighted by molar-refractivity contribution is -0.150. The molecule has 1 N–H and O–H groups in total. The second-order valence-corrected chi connectivity index (χ2v) is 13.7. The van der Waals surface area contributed by atoms with Crippen LogP contribution in [0.2, 0.25) is 0 Å². The topological polar surface area (TPSA) is 90.4 Å². The Morgan fingerprint density at radius 3 is 2.35 bits per heavy atom. The molecule has 3 saturated heterocycles. The van der Waals surface area contributed by atoms with E-state index in [1.807, 2.05) is 79.7 Å². The van der Waals surface area contributed by atoms with E-state index in [1.54, 1.807) is 26.9 Å². The maximum atomic E-state index is 15.0. The lowest BCUT2D eigenvalue weighted by Crippen LogP contribution is -2.56. The summed E-state index contributed by atoms with van der Waals surface area (Å²) >= 11 is 0. The van der Waals surface area contributed by atoms with Crippen molar-refractivity contribution in [3.8, 4) is 0 Å². The van der Waals surface area contributed by atoms with Gasteiger partial charge in [0, 0.05) is 38.5 Å². The highest BCUT2D eigenvalue weighted by Gasteiger charge is 2.78. The van der Waals surface area contributed by atoms with Crippen molar-refractivity contribution in [2.75, 3.05) is 31.1 Å². The Kier molecular flexibility index (Phi) is 9.85. The number of fused-ring (bicyclic) bond motifs is 2. The molecule has 1 spiro atoms. The summed E-state index contributed by atoms with van der Waals surface area (Å²) in [5, 5.41) is 11.4. The molecule has 3 aliphatic rings. The number of ether oxygens (including phenoxy) is 1. The summed E-state index contributed by atoms with van der Waals surface area (Å²) in [5.74, 6) is -2.06. The van der Waals surface area contributed by atoms with Crippen LogP contribution >= 0.6 is 0 Å². The first-order valence-corrected chi connectivity index (χ1v) is 17.2. The monoisotopic (exact) mass is 649 g/mol. The van der Waals surface area contributed by atoms with E-state index in [0.717, 1.165) is 34.9 Å². The number of rotatable bonds is 15. The average Bonchev–Trinajstić information content (AvgIpc) is 3.67. The van der Waals surface area contributed by atoms with Gasteiger partial charge in [-0.25, -0.2) is 0 Å². The van der Waals surface area contributed by atoms with Gasteiger partial charge in [-0.15, -0.1) is 13.2 Å². The van der Waals surface area contributed by atoms with E-state index in [4.69, 9.17) is 4.74 Å². The Morgan fingerprint density at radius 2 is 1.62 bits per heavy atom. The third kappa shape index (κ3) is 5.96. The van der Waals surface area contributed by atoms with Crippen molar-refractivity contribution >= 4 is 34.2 Å². The van der Waals surface area contributed by atoms with Crippen molar-refractivity contribution in [1.82, 2.24) is 9.80 Å². The van der Waals surface area contributed by atoms with Crippen molar-refractivity contribution < 1.29 is 24.2 Å². The fraction of sp³-hybridized carbons (Fsp3) is 0.425. The van der Waals surface area contributed by atoms with E-state index in [1.165, 1.54) is 0 Å². The molecule has 8 heteroatoms. The number of hydrogen-bond acceptors (Lipinski definition) is 5. The molecule has 6 rings (SSSR count). The van der Waals surface area contributed by atoms with Gasteiger partial charge in [0.1, 0.15) is 11.6 Å². The van der Waals surface area contributed by atoms with Gasteiger partial charge in [0.2, 0.25) is 11.8 Å². The Labute approximate surface area is 283 Å². The van der Waals surface area contributed by atoms with Crippen molar-refractivity contribution in [1.29, 1.82) is 0 Å². The fourth-order valence-corrected chi connectivity index (χ4v) is 8.40. The highest BCUT2D eigenvalue weighted by Crippen LogP contribution is 2.63. The van der Waals surface area contributed by atoms with Gasteiger partial charge in [-0.05, 0) is 61.1 Å². The van der Waals surface area contributed by atoms with Crippen molar-refractivity contribution in [3.05, 3.63) is 104 Å². The number of amides is 3. The molecule has 0 aromatic heterocycles. The standard InChI is InChI=1S/C40H47N3O5/c1-4-23-41(28-29-15-9-8-10-16-29)36(45)33-34-37(46)43(25-13-6-7-14-26-44)35(40(34)22-21-39(33,3)48-40)38(47)42(24-5-2)32-20-19-30-17-11-12-18-31(30)27-32/h4-5,8-12,15-20,27,33-35,44H,1-2,6-7,13-14,21-26,28H2,3H3/t33-,34-,35?,39+,40?/m0/s1. The van der Waals surface area contributed by atoms with Crippen LogP contribution in [0.15, 0.2) is 98.1 Å².